The summed E-state index contributed by atoms with van der Waals surface area (Å²) < 4.78 is 7.07. The van der Waals surface area contributed by atoms with Crippen LogP contribution in [0.5, 0.6) is 5.88 Å². The number of aromatic nitrogens is 3. The van der Waals surface area contributed by atoms with Crippen molar-refractivity contribution in [2.75, 3.05) is 13.2 Å². The van der Waals surface area contributed by atoms with Crippen LogP contribution in [0.2, 0.25) is 0 Å². The van der Waals surface area contributed by atoms with Gasteiger partial charge in [-0.15, -0.1) is 0 Å². The van der Waals surface area contributed by atoms with E-state index in [0.717, 1.165) is 11.9 Å². The van der Waals surface area contributed by atoms with Crippen molar-refractivity contribution in [3.63, 3.8) is 0 Å². The molecule has 112 valence electrons. The number of carbonyl (C=O) groups excluding carboxylic acids is 1. The Morgan fingerprint density at radius 1 is 1.41 bits per heavy atom. The van der Waals surface area contributed by atoms with Gasteiger partial charge in [-0.3, -0.25) is 4.79 Å². The predicted molar refractivity (Wildman–Crippen MR) is 82.1 cm³/mol. The molecule has 0 radical (unpaired) electrons. The highest BCUT2D eigenvalue weighted by Crippen LogP contribution is 2.19. The number of hydrogen-bond donors (Lipinski definition) is 2. The molecular weight excluding hydrogens is 280 g/mol. The van der Waals surface area contributed by atoms with Crippen LogP contribution in [0.1, 0.15) is 16.1 Å². The Morgan fingerprint density at radius 2 is 2.32 bits per heavy atom. The van der Waals surface area contributed by atoms with Crippen molar-refractivity contribution >= 4 is 16.8 Å². The summed E-state index contributed by atoms with van der Waals surface area (Å²) in [4.78, 5) is 15.3. The maximum Gasteiger partial charge on any atom is 0.271 e. The Labute approximate surface area is 127 Å². The summed E-state index contributed by atoms with van der Waals surface area (Å²) in [6.07, 6.45) is 2.77. The minimum absolute atomic E-state index is 0.162. The van der Waals surface area contributed by atoms with Crippen molar-refractivity contribution in [3.05, 3.63) is 47.8 Å². The number of benzene rings is 1. The van der Waals surface area contributed by atoms with Crippen molar-refractivity contribution < 1.29 is 9.53 Å². The summed E-state index contributed by atoms with van der Waals surface area (Å²) >= 11 is 0. The predicted octanol–water partition coefficient (Wildman–Crippen LogP) is 1.73. The van der Waals surface area contributed by atoms with Crippen LogP contribution in [-0.2, 0) is 13.0 Å². The van der Waals surface area contributed by atoms with E-state index in [1.807, 2.05) is 24.4 Å². The fourth-order valence-corrected chi connectivity index (χ4v) is 2.76. The normalized spacial score (nSPS) is 13.1. The number of carbonyl (C=O) groups is 1. The lowest BCUT2D eigenvalue weighted by molar-refractivity contribution is 0.0948. The number of hydrogen-bond acceptors (Lipinski definition) is 3. The van der Waals surface area contributed by atoms with Crippen LogP contribution in [0, 0.1) is 0 Å². The van der Waals surface area contributed by atoms with Crippen LogP contribution < -0.4 is 10.1 Å². The second-order valence-electron chi connectivity index (χ2n) is 5.30. The molecule has 0 unspecified atom stereocenters. The number of aromatic amines is 1. The van der Waals surface area contributed by atoms with Gasteiger partial charge in [-0.25, -0.2) is 4.68 Å². The zero-order valence-electron chi connectivity index (χ0n) is 12.0. The summed E-state index contributed by atoms with van der Waals surface area (Å²) in [5, 5.41) is 8.34. The minimum Gasteiger partial charge on any atom is -0.476 e. The Balaban J connectivity index is 1.39. The summed E-state index contributed by atoms with van der Waals surface area (Å²) in [6, 6.07) is 9.84. The molecule has 1 aromatic carbocycles. The van der Waals surface area contributed by atoms with E-state index in [1.54, 1.807) is 10.7 Å². The highest BCUT2D eigenvalue weighted by Gasteiger charge is 2.18. The Kier molecular flexibility index (Phi) is 3.07. The second-order valence-corrected chi connectivity index (χ2v) is 5.30. The van der Waals surface area contributed by atoms with E-state index in [1.165, 1.54) is 10.9 Å². The molecule has 2 N–H and O–H groups in total. The third-order valence-corrected chi connectivity index (χ3v) is 3.88. The van der Waals surface area contributed by atoms with Gasteiger partial charge in [-0.05, 0) is 18.1 Å². The van der Waals surface area contributed by atoms with E-state index in [4.69, 9.17) is 4.74 Å². The molecule has 6 heteroatoms. The number of H-pyrrole nitrogens is 1. The summed E-state index contributed by atoms with van der Waals surface area (Å²) in [7, 11) is 0. The standard InChI is InChI=1S/C16H16N4O2/c21-16(14-9-15-20(19-14)7-8-22-15)17-6-5-11-10-18-13-4-2-1-3-12(11)13/h1-4,9-10,18H,5-8H2,(H,17,21). The first-order valence-electron chi connectivity index (χ1n) is 7.35. The summed E-state index contributed by atoms with van der Waals surface area (Å²) in [5.74, 6) is 0.507. The molecule has 1 aliphatic heterocycles. The van der Waals surface area contributed by atoms with Crippen LogP contribution in [0.15, 0.2) is 36.5 Å². The molecule has 3 heterocycles. The van der Waals surface area contributed by atoms with Gasteiger partial charge in [0.1, 0.15) is 6.61 Å². The Hall–Kier alpha value is -2.76. The van der Waals surface area contributed by atoms with Gasteiger partial charge < -0.3 is 15.0 Å². The molecule has 22 heavy (non-hydrogen) atoms. The molecule has 0 bridgehead atoms. The van der Waals surface area contributed by atoms with Crippen LogP contribution in [0.3, 0.4) is 0 Å². The number of nitrogens with zero attached hydrogens (tertiary/aromatic N) is 2. The van der Waals surface area contributed by atoms with E-state index in [9.17, 15) is 4.79 Å². The fraction of sp³-hybridized carbons (Fsp3) is 0.250. The van der Waals surface area contributed by atoms with Gasteiger partial charge in [0.2, 0.25) is 5.88 Å². The number of amides is 1. The lowest BCUT2D eigenvalue weighted by Gasteiger charge is -2.02. The van der Waals surface area contributed by atoms with Gasteiger partial charge in [0.25, 0.3) is 5.91 Å². The topological polar surface area (TPSA) is 71.9 Å². The lowest BCUT2D eigenvalue weighted by atomic mass is 10.1. The molecule has 1 aliphatic rings. The quantitative estimate of drug-likeness (QED) is 0.770. The monoisotopic (exact) mass is 296 g/mol. The van der Waals surface area contributed by atoms with E-state index in [2.05, 4.69) is 21.5 Å². The first kappa shape index (κ1) is 12.9. The van der Waals surface area contributed by atoms with E-state index < -0.39 is 0 Å². The van der Waals surface area contributed by atoms with Crippen molar-refractivity contribution in [1.82, 2.24) is 20.1 Å². The van der Waals surface area contributed by atoms with Crippen molar-refractivity contribution in [2.45, 2.75) is 13.0 Å². The Morgan fingerprint density at radius 3 is 3.23 bits per heavy atom. The Bertz CT molecular complexity index is 812. The van der Waals surface area contributed by atoms with Crippen LogP contribution in [0.4, 0.5) is 0 Å². The van der Waals surface area contributed by atoms with E-state index >= 15 is 0 Å². The van der Waals surface area contributed by atoms with Crippen LogP contribution in [0.25, 0.3) is 10.9 Å². The molecule has 3 aromatic rings. The van der Waals surface area contributed by atoms with Gasteiger partial charge in [0.05, 0.1) is 6.54 Å². The number of rotatable bonds is 4. The zero-order valence-corrected chi connectivity index (χ0v) is 12.0. The first-order chi connectivity index (χ1) is 10.8. The smallest absolute Gasteiger partial charge is 0.271 e. The number of nitrogens with one attached hydrogen (secondary N) is 2. The molecule has 0 saturated heterocycles. The maximum absolute atomic E-state index is 12.1. The van der Waals surface area contributed by atoms with Gasteiger partial charge in [0.15, 0.2) is 5.69 Å². The minimum atomic E-state index is -0.162. The molecule has 6 nitrogen and oxygen atoms in total. The van der Waals surface area contributed by atoms with Gasteiger partial charge >= 0.3 is 0 Å². The van der Waals surface area contributed by atoms with E-state index in [-0.39, 0.29) is 5.91 Å². The lowest BCUT2D eigenvalue weighted by Crippen LogP contribution is -2.26. The SMILES string of the molecule is O=C(NCCc1c[nH]c2ccccc12)c1cc2n(n1)CCO2. The fourth-order valence-electron chi connectivity index (χ4n) is 2.76. The van der Waals surface area contributed by atoms with Gasteiger partial charge in [0, 0.05) is 29.7 Å². The molecule has 2 aromatic heterocycles. The van der Waals surface area contributed by atoms with Gasteiger partial charge in [-0.2, -0.15) is 5.10 Å². The highest BCUT2D eigenvalue weighted by molar-refractivity contribution is 5.92. The number of para-hydroxylation sites is 1. The summed E-state index contributed by atoms with van der Waals surface area (Å²) in [5.41, 5.74) is 2.73. The zero-order chi connectivity index (χ0) is 14.9. The molecule has 0 fully saturated rings. The number of fused-ring (bicyclic) bond motifs is 2. The van der Waals surface area contributed by atoms with Crippen LogP contribution in [-0.4, -0.2) is 33.8 Å². The largest absolute Gasteiger partial charge is 0.476 e. The van der Waals surface area contributed by atoms with Crippen molar-refractivity contribution in [2.24, 2.45) is 0 Å². The second kappa shape index (κ2) is 5.22. The molecule has 0 spiro atoms. The van der Waals surface area contributed by atoms with Crippen molar-refractivity contribution in [3.8, 4) is 5.88 Å². The van der Waals surface area contributed by atoms with Gasteiger partial charge in [-0.1, -0.05) is 18.2 Å². The third-order valence-electron chi connectivity index (χ3n) is 3.88. The molecule has 1 amide bonds. The van der Waals surface area contributed by atoms with E-state index in [0.29, 0.717) is 31.3 Å². The highest BCUT2D eigenvalue weighted by atomic mass is 16.5. The summed E-state index contributed by atoms with van der Waals surface area (Å²) in [6.45, 7) is 1.91. The molecule has 0 atom stereocenters. The molecular formula is C16H16N4O2. The molecule has 0 saturated carbocycles. The van der Waals surface area contributed by atoms with Crippen LogP contribution >= 0.6 is 0 Å². The molecule has 0 aliphatic carbocycles. The third kappa shape index (κ3) is 2.22. The average Bonchev–Trinajstić information content (AvgIpc) is 3.21. The maximum atomic E-state index is 12.1. The first-order valence-corrected chi connectivity index (χ1v) is 7.35. The van der Waals surface area contributed by atoms with Crippen molar-refractivity contribution in [1.29, 1.82) is 0 Å². The molecule has 4 rings (SSSR count). The number of ether oxygens (including phenoxy) is 1. The average molecular weight is 296 g/mol.